The Labute approximate surface area is 199 Å². The molecule has 2 aromatic rings. The van der Waals surface area contributed by atoms with Gasteiger partial charge in [-0.25, -0.2) is 4.79 Å². The van der Waals surface area contributed by atoms with Crippen LogP contribution in [-0.2, 0) is 14.3 Å². The predicted molar refractivity (Wildman–Crippen MR) is 120 cm³/mol. The van der Waals surface area contributed by atoms with E-state index >= 15 is 0 Å². The zero-order chi connectivity index (χ0) is 25.2. The quantitative estimate of drug-likeness (QED) is 0.488. The molecule has 2 aliphatic carbocycles. The van der Waals surface area contributed by atoms with Gasteiger partial charge in [0, 0.05) is 12.5 Å². The Morgan fingerprint density at radius 2 is 1.60 bits per heavy atom. The molecule has 1 saturated carbocycles. The summed E-state index contributed by atoms with van der Waals surface area (Å²) in [6.45, 7) is -0.287. The third-order valence-corrected chi connectivity index (χ3v) is 6.53. The molecule has 2 amide bonds. The SMILES string of the molecule is O=C(O)CC(CCNC(=O)C1(NC(=O)OCC2c3ccccc3-c3ccccc32)CC1)C(F)(F)F. The van der Waals surface area contributed by atoms with Gasteiger partial charge in [-0.3, -0.25) is 9.59 Å². The Morgan fingerprint density at radius 1 is 1.03 bits per heavy atom. The lowest BCUT2D eigenvalue weighted by molar-refractivity contribution is -0.184. The topological polar surface area (TPSA) is 105 Å². The van der Waals surface area contributed by atoms with Gasteiger partial charge in [0.05, 0.1) is 12.3 Å². The molecule has 2 aromatic carbocycles. The molecular weight excluding hydrogens is 465 g/mol. The number of carbonyl (C=O) groups excluding carboxylic acids is 2. The van der Waals surface area contributed by atoms with Crippen LogP contribution < -0.4 is 10.6 Å². The highest BCUT2D eigenvalue weighted by Gasteiger charge is 2.52. The average Bonchev–Trinajstić information content (AvgIpc) is 3.51. The minimum absolute atomic E-state index is 0.0695. The summed E-state index contributed by atoms with van der Waals surface area (Å²) in [7, 11) is 0. The van der Waals surface area contributed by atoms with Gasteiger partial charge in [0.15, 0.2) is 0 Å². The lowest BCUT2D eigenvalue weighted by Crippen LogP contribution is -2.49. The Morgan fingerprint density at radius 3 is 2.11 bits per heavy atom. The lowest BCUT2D eigenvalue weighted by atomic mass is 9.98. The van der Waals surface area contributed by atoms with Crippen molar-refractivity contribution in [2.75, 3.05) is 13.2 Å². The van der Waals surface area contributed by atoms with E-state index in [9.17, 15) is 27.6 Å². The summed E-state index contributed by atoms with van der Waals surface area (Å²) in [5.41, 5.74) is 3.02. The molecule has 0 heterocycles. The molecule has 0 saturated heterocycles. The van der Waals surface area contributed by atoms with E-state index in [1.807, 2.05) is 48.5 Å². The van der Waals surface area contributed by atoms with E-state index < -0.39 is 48.4 Å². The molecule has 7 nitrogen and oxygen atoms in total. The first-order valence-electron chi connectivity index (χ1n) is 11.3. The molecule has 1 unspecified atom stereocenters. The summed E-state index contributed by atoms with van der Waals surface area (Å²) < 4.78 is 44.4. The summed E-state index contributed by atoms with van der Waals surface area (Å²) in [6.07, 6.45) is -6.43. The number of carboxylic acids is 1. The molecule has 35 heavy (non-hydrogen) atoms. The third kappa shape index (κ3) is 5.41. The fourth-order valence-corrected chi connectivity index (χ4v) is 4.49. The van der Waals surface area contributed by atoms with Crippen LogP contribution in [-0.4, -0.2) is 47.9 Å². The number of hydrogen-bond donors (Lipinski definition) is 3. The zero-order valence-corrected chi connectivity index (χ0v) is 18.7. The number of carbonyl (C=O) groups is 3. The van der Waals surface area contributed by atoms with Gasteiger partial charge in [0.2, 0.25) is 5.91 Å². The average molecular weight is 490 g/mol. The van der Waals surface area contributed by atoms with E-state index in [2.05, 4.69) is 10.6 Å². The molecule has 3 N–H and O–H groups in total. The van der Waals surface area contributed by atoms with Crippen LogP contribution in [0.3, 0.4) is 0 Å². The lowest BCUT2D eigenvalue weighted by Gasteiger charge is -2.21. The number of fused-ring (bicyclic) bond motifs is 3. The van der Waals surface area contributed by atoms with Crippen LogP contribution in [0.5, 0.6) is 0 Å². The van der Waals surface area contributed by atoms with Crippen LogP contribution >= 0.6 is 0 Å². The Balaban J connectivity index is 1.30. The summed E-state index contributed by atoms with van der Waals surface area (Å²) in [4.78, 5) is 35.7. The van der Waals surface area contributed by atoms with Gasteiger partial charge in [-0.05, 0) is 41.5 Å². The maximum atomic E-state index is 13.0. The number of benzene rings is 2. The number of alkyl halides is 3. The number of ether oxygens (including phenoxy) is 1. The molecule has 0 aliphatic heterocycles. The second-order valence-corrected chi connectivity index (χ2v) is 8.91. The summed E-state index contributed by atoms with van der Waals surface area (Å²) >= 11 is 0. The standard InChI is InChI=1S/C25H25F3N2O5/c26-25(27,28)15(13-21(31)32)9-12-29-22(33)24(10-11-24)30-23(34)35-14-20-18-7-3-1-5-16(18)17-6-2-4-8-19(17)20/h1-8,15,20H,9-14H2,(H,29,33)(H,30,34)(H,31,32). The molecule has 186 valence electrons. The Kier molecular flexibility index (Phi) is 6.73. The fraction of sp³-hybridized carbons (Fsp3) is 0.400. The number of carboxylic acid groups (broad SMARTS) is 1. The number of amides is 2. The fourth-order valence-electron chi connectivity index (χ4n) is 4.49. The van der Waals surface area contributed by atoms with E-state index in [4.69, 9.17) is 9.84 Å². The van der Waals surface area contributed by atoms with Crippen LogP contribution in [0.2, 0.25) is 0 Å². The van der Waals surface area contributed by atoms with Crippen molar-refractivity contribution in [1.82, 2.24) is 10.6 Å². The molecule has 4 rings (SSSR count). The smallest absolute Gasteiger partial charge is 0.408 e. The highest BCUT2D eigenvalue weighted by Crippen LogP contribution is 2.44. The Bertz CT molecular complexity index is 1080. The van der Waals surface area contributed by atoms with Crippen molar-refractivity contribution in [3.05, 3.63) is 59.7 Å². The van der Waals surface area contributed by atoms with Gasteiger partial charge in [-0.2, -0.15) is 13.2 Å². The number of halogens is 3. The van der Waals surface area contributed by atoms with E-state index in [0.29, 0.717) is 12.8 Å². The van der Waals surface area contributed by atoms with Gasteiger partial charge in [0.25, 0.3) is 0 Å². The van der Waals surface area contributed by atoms with Crippen LogP contribution in [0.25, 0.3) is 11.1 Å². The summed E-state index contributed by atoms with van der Waals surface area (Å²) in [6, 6.07) is 15.7. The maximum Gasteiger partial charge on any atom is 0.408 e. The predicted octanol–water partition coefficient (Wildman–Crippen LogP) is 4.22. The normalized spacial score (nSPS) is 16.5. The van der Waals surface area contributed by atoms with E-state index in [1.54, 1.807) is 0 Å². The minimum Gasteiger partial charge on any atom is -0.481 e. The van der Waals surface area contributed by atoms with Crippen molar-refractivity contribution < 1.29 is 37.4 Å². The second kappa shape index (κ2) is 9.59. The number of rotatable bonds is 9. The van der Waals surface area contributed by atoms with Crippen molar-refractivity contribution in [3.63, 3.8) is 0 Å². The minimum atomic E-state index is -4.68. The molecule has 1 fully saturated rings. The van der Waals surface area contributed by atoms with Crippen molar-refractivity contribution in [2.24, 2.45) is 5.92 Å². The number of aliphatic carboxylic acids is 1. The summed E-state index contributed by atoms with van der Waals surface area (Å²) in [5, 5.41) is 13.6. The molecule has 2 aliphatic rings. The highest BCUT2D eigenvalue weighted by molar-refractivity contribution is 5.92. The van der Waals surface area contributed by atoms with Gasteiger partial charge >= 0.3 is 18.2 Å². The molecule has 0 aromatic heterocycles. The van der Waals surface area contributed by atoms with Gasteiger partial charge in [-0.15, -0.1) is 0 Å². The molecule has 0 bridgehead atoms. The monoisotopic (exact) mass is 490 g/mol. The molecule has 0 spiro atoms. The van der Waals surface area contributed by atoms with E-state index in [0.717, 1.165) is 22.3 Å². The number of hydrogen-bond acceptors (Lipinski definition) is 4. The summed E-state index contributed by atoms with van der Waals surface area (Å²) in [5.74, 6) is -4.38. The largest absolute Gasteiger partial charge is 0.481 e. The van der Waals surface area contributed by atoms with Gasteiger partial charge in [0.1, 0.15) is 12.1 Å². The molecule has 10 heteroatoms. The zero-order valence-electron chi connectivity index (χ0n) is 18.7. The maximum absolute atomic E-state index is 13.0. The first-order valence-corrected chi connectivity index (χ1v) is 11.3. The van der Waals surface area contributed by atoms with E-state index in [-0.39, 0.29) is 19.1 Å². The van der Waals surface area contributed by atoms with Crippen molar-refractivity contribution in [1.29, 1.82) is 0 Å². The van der Waals surface area contributed by atoms with Crippen LogP contribution in [0, 0.1) is 5.92 Å². The third-order valence-electron chi connectivity index (χ3n) is 6.53. The van der Waals surface area contributed by atoms with Crippen LogP contribution in [0.15, 0.2) is 48.5 Å². The highest BCUT2D eigenvalue weighted by atomic mass is 19.4. The molecule has 0 radical (unpaired) electrons. The number of alkyl carbamates (subject to hydrolysis) is 1. The van der Waals surface area contributed by atoms with E-state index in [1.165, 1.54) is 0 Å². The van der Waals surface area contributed by atoms with Crippen molar-refractivity contribution in [2.45, 2.75) is 43.3 Å². The van der Waals surface area contributed by atoms with Crippen LogP contribution in [0.1, 0.15) is 42.7 Å². The first kappa shape index (κ1) is 24.6. The second-order valence-electron chi connectivity index (χ2n) is 8.91. The molecule has 1 atom stereocenters. The van der Waals surface area contributed by atoms with Gasteiger partial charge in [-0.1, -0.05) is 48.5 Å². The Hall–Kier alpha value is -3.56. The van der Waals surface area contributed by atoms with Crippen molar-refractivity contribution in [3.8, 4) is 11.1 Å². The number of nitrogens with one attached hydrogen (secondary N) is 2. The van der Waals surface area contributed by atoms with Crippen molar-refractivity contribution >= 4 is 18.0 Å². The van der Waals surface area contributed by atoms with Crippen LogP contribution in [0.4, 0.5) is 18.0 Å². The first-order chi connectivity index (χ1) is 16.6. The molecular formula is C25H25F3N2O5. The van der Waals surface area contributed by atoms with Gasteiger partial charge < -0.3 is 20.5 Å².